The van der Waals surface area contributed by atoms with Crippen molar-refractivity contribution in [1.82, 2.24) is 29.1 Å². The lowest BCUT2D eigenvalue weighted by Gasteiger charge is -2.32. The number of ether oxygens (including phenoxy) is 1. The van der Waals surface area contributed by atoms with Crippen molar-refractivity contribution in [3.05, 3.63) is 70.8 Å². The summed E-state index contributed by atoms with van der Waals surface area (Å²) in [6.45, 7) is 3.64. The van der Waals surface area contributed by atoms with E-state index in [0.29, 0.717) is 73.4 Å². The van der Waals surface area contributed by atoms with Gasteiger partial charge in [0.25, 0.3) is 11.8 Å². The number of carbonyl (C=O) groups excluding carboxylic acids is 3. The van der Waals surface area contributed by atoms with Gasteiger partial charge in [0.2, 0.25) is 0 Å². The number of amides is 4. The minimum Gasteiger partial charge on any atom is -0.378 e. The molecule has 3 aliphatic rings. The van der Waals surface area contributed by atoms with Crippen LogP contribution in [0, 0.1) is 0 Å². The highest BCUT2D eigenvalue weighted by Crippen LogP contribution is 2.39. The Kier molecular flexibility index (Phi) is 5.27. The number of pyridine rings is 1. The number of imidazole rings is 1. The molecule has 3 aliphatic heterocycles. The molecule has 1 N–H and O–H groups in total. The van der Waals surface area contributed by atoms with Crippen LogP contribution in [0.25, 0.3) is 27.7 Å². The second-order valence-electron chi connectivity index (χ2n) is 9.61. The Bertz CT molecular complexity index is 1700. The number of morpholine rings is 1. The maximum atomic E-state index is 13.3. The number of benzene rings is 1. The van der Waals surface area contributed by atoms with Gasteiger partial charge in [-0.2, -0.15) is 0 Å². The van der Waals surface area contributed by atoms with Crippen molar-refractivity contribution in [2.24, 2.45) is 0 Å². The zero-order valence-corrected chi connectivity index (χ0v) is 21.1. The molecule has 10 nitrogen and oxygen atoms in total. The predicted molar refractivity (Wildman–Crippen MR) is 140 cm³/mol. The van der Waals surface area contributed by atoms with Crippen LogP contribution in [-0.2, 0) is 27.4 Å². The average molecular weight is 531 g/mol. The molecule has 11 heteroatoms. The number of nitrogens with one attached hydrogen (secondary N) is 1. The van der Waals surface area contributed by atoms with E-state index >= 15 is 0 Å². The van der Waals surface area contributed by atoms with Crippen LogP contribution >= 0.6 is 11.6 Å². The van der Waals surface area contributed by atoms with Crippen molar-refractivity contribution in [1.29, 1.82) is 0 Å². The lowest BCUT2D eigenvalue weighted by atomic mass is 9.98. The van der Waals surface area contributed by atoms with E-state index in [9.17, 15) is 14.4 Å². The number of rotatable bonds is 2. The molecule has 1 fully saturated rings. The van der Waals surface area contributed by atoms with Gasteiger partial charge >= 0.3 is 6.03 Å². The first-order valence-corrected chi connectivity index (χ1v) is 12.8. The third-order valence-electron chi connectivity index (χ3n) is 7.41. The number of halogens is 1. The average Bonchev–Trinajstić information content (AvgIpc) is 3.54. The van der Waals surface area contributed by atoms with Crippen LogP contribution in [0.2, 0.25) is 5.02 Å². The van der Waals surface area contributed by atoms with E-state index in [-0.39, 0.29) is 11.6 Å². The van der Waals surface area contributed by atoms with Crippen molar-refractivity contribution in [2.45, 2.75) is 13.1 Å². The molecule has 1 aromatic carbocycles. The van der Waals surface area contributed by atoms with Crippen LogP contribution in [0.3, 0.4) is 0 Å². The van der Waals surface area contributed by atoms with Gasteiger partial charge in [-0.1, -0.05) is 17.7 Å². The molecule has 0 unspecified atom stereocenters. The molecule has 0 atom stereocenters. The summed E-state index contributed by atoms with van der Waals surface area (Å²) in [6, 6.07) is 9.22. The first-order valence-electron chi connectivity index (χ1n) is 12.5. The van der Waals surface area contributed by atoms with Gasteiger partial charge in [-0.25, -0.2) is 9.78 Å². The first kappa shape index (κ1) is 23.0. The van der Waals surface area contributed by atoms with Crippen LogP contribution in [0.5, 0.6) is 0 Å². The van der Waals surface area contributed by atoms with E-state index in [4.69, 9.17) is 16.3 Å². The van der Waals surface area contributed by atoms with Crippen LogP contribution in [0.4, 0.5) is 4.79 Å². The van der Waals surface area contributed by atoms with Crippen molar-refractivity contribution in [3.8, 4) is 0 Å². The standard InChI is InChI=1S/C27H23ClN6O4/c28-17-11-16-14-33(27(37)31-7-9-38-10-8-31)6-5-32-15-19(18(12-17)24(16)32)22-23(26(36)30-25(22)35)20-13-29-21-3-1-2-4-34(20)21/h1-4,11-13,15H,5-10,14H2,(H,30,35,36). The molecule has 7 rings (SSSR count). The fourth-order valence-electron chi connectivity index (χ4n) is 5.69. The molecule has 6 heterocycles. The van der Waals surface area contributed by atoms with Gasteiger partial charge in [0.1, 0.15) is 5.65 Å². The third-order valence-corrected chi connectivity index (χ3v) is 7.63. The highest BCUT2D eigenvalue weighted by Gasteiger charge is 2.36. The van der Waals surface area contributed by atoms with E-state index in [2.05, 4.69) is 14.9 Å². The maximum Gasteiger partial charge on any atom is 0.320 e. The molecular formula is C27H23ClN6O4. The zero-order chi connectivity index (χ0) is 26.0. The number of fused-ring (bicyclic) bond motifs is 1. The minimum atomic E-state index is -0.465. The maximum absolute atomic E-state index is 13.3. The SMILES string of the molecule is O=C1NC(=O)C(c2cnc3ccccn23)=C1c1cn2c3c(cc(Cl)cc13)CN(C(=O)N1CCOCC1)CC2. The van der Waals surface area contributed by atoms with E-state index in [0.717, 1.165) is 16.5 Å². The molecule has 3 aromatic heterocycles. The second kappa shape index (κ2) is 8.71. The Morgan fingerprint density at radius 1 is 1.00 bits per heavy atom. The van der Waals surface area contributed by atoms with Crippen molar-refractivity contribution < 1.29 is 19.1 Å². The molecule has 1 saturated heterocycles. The molecule has 4 aromatic rings. The van der Waals surface area contributed by atoms with Crippen LogP contribution in [-0.4, -0.2) is 74.4 Å². The second-order valence-corrected chi connectivity index (χ2v) is 10.0. The number of urea groups is 1. The number of imide groups is 1. The molecule has 192 valence electrons. The minimum absolute atomic E-state index is 0.0224. The molecular weight excluding hydrogens is 508 g/mol. The summed E-state index contributed by atoms with van der Waals surface area (Å²) in [4.78, 5) is 47.6. The van der Waals surface area contributed by atoms with Gasteiger partial charge in [-0.3, -0.25) is 19.3 Å². The van der Waals surface area contributed by atoms with Crippen LogP contribution < -0.4 is 5.32 Å². The van der Waals surface area contributed by atoms with Crippen LogP contribution in [0.1, 0.15) is 16.8 Å². The quantitative estimate of drug-likeness (QED) is 0.402. The first-order chi connectivity index (χ1) is 18.5. The fraction of sp³-hybridized carbons (Fsp3) is 0.259. The van der Waals surface area contributed by atoms with Crippen molar-refractivity contribution >= 4 is 57.1 Å². The summed E-state index contributed by atoms with van der Waals surface area (Å²) in [5.41, 5.74) is 4.19. The van der Waals surface area contributed by atoms with Gasteiger partial charge in [0.05, 0.1) is 41.8 Å². The zero-order valence-electron chi connectivity index (χ0n) is 20.3. The van der Waals surface area contributed by atoms with E-state index in [1.54, 1.807) is 10.6 Å². The molecule has 0 saturated carbocycles. The largest absolute Gasteiger partial charge is 0.378 e. The van der Waals surface area contributed by atoms with Gasteiger partial charge in [-0.15, -0.1) is 0 Å². The number of aromatic nitrogens is 3. The summed E-state index contributed by atoms with van der Waals surface area (Å²) in [5, 5.41) is 3.73. The van der Waals surface area contributed by atoms with Gasteiger partial charge in [-0.05, 0) is 29.8 Å². The van der Waals surface area contributed by atoms with Crippen molar-refractivity contribution in [2.75, 3.05) is 32.8 Å². The summed E-state index contributed by atoms with van der Waals surface area (Å²) < 4.78 is 9.25. The molecule has 0 spiro atoms. The normalized spacial score (nSPS) is 18.0. The molecule has 0 radical (unpaired) electrons. The Hall–Kier alpha value is -4.15. The number of nitrogens with zero attached hydrogens (tertiary/aromatic N) is 5. The topological polar surface area (TPSA) is 101 Å². The molecule has 0 bridgehead atoms. The van der Waals surface area contributed by atoms with E-state index in [1.807, 2.05) is 52.5 Å². The van der Waals surface area contributed by atoms with Crippen molar-refractivity contribution in [3.63, 3.8) is 0 Å². The highest BCUT2D eigenvalue weighted by atomic mass is 35.5. The van der Waals surface area contributed by atoms with E-state index in [1.165, 1.54) is 0 Å². The summed E-state index contributed by atoms with van der Waals surface area (Å²) >= 11 is 6.59. The monoisotopic (exact) mass is 530 g/mol. The summed E-state index contributed by atoms with van der Waals surface area (Å²) in [6.07, 6.45) is 5.32. The predicted octanol–water partition coefficient (Wildman–Crippen LogP) is 2.78. The van der Waals surface area contributed by atoms with E-state index < -0.39 is 11.8 Å². The van der Waals surface area contributed by atoms with Gasteiger partial charge < -0.3 is 19.1 Å². The number of hydrogen-bond donors (Lipinski definition) is 1. The lowest BCUT2D eigenvalue weighted by Crippen LogP contribution is -2.48. The third kappa shape index (κ3) is 3.52. The fourth-order valence-corrected chi connectivity index (χ4v) is 5.93. The summed E-state index contributed by atoms with van der Waals surface area (Å²) in [5.74, 6) is -0.925. The lowest BCUT2D eigenvalue weighted by molar-refractivity contribution is -0.122. The Balaban J connectivity index is 1.37. The Morgan fingerprint density at radius 3 is 2.66 bits per heavy atom. The Labute approximate surface area is 222 Å². The number of carbonyl (C=O) groups is 3. The van der Waals surface area contributed by atoms with Crippen LogP contribution in [0.15, 0.2) is 48.9 Å². The smallest absolute Gasteiger partial charge is 0.320 e. The summed E-state index contributed by atoms with van der Waals surface area (Å²) in [7, 11) is 0. The Morgan fingerprint density at radius 2 is 1.82 bits per heavy atom. The highest BCUT2D eigenvalue weighted by molar-refractivity contribution is 6.50. The number of hydrogen-bond acceptors (Lipinski definition) is 5. The molecule has 38 heavy (non-hydrogen) atoms. The van der Waals surface area contributed by atoms with Gasteiger partial charge in [0.15, 0.2) is 0 Å². The van der Waals surface area contributed by atoms with Gasteiger partial charge in [0, 0.05) is 61.1 Å². The molecule has 0 aliphatic carbocycles. The molecule has 4 amide bonds.